The third kappa shape index (κ3) is 3.07. The molecule has 19 heavy (non-hydrogen) atoms. The average molecular weight is 270 g/mol. The van der Waals surface area contributed by atoms with E-state index in [-0.39, 0.29) is 5.75 Å². The largest absolute Gasteiger partial charge is 0.425 e. The monoisotopic (exact) mass is 270 g/mol. The van der Waals surface area contributed by atoms with Gasteiger partial charge in [0.15, 0.2) is 0 Å². The fourth-order valence-corrected chi connectivity index (χ4v) is 1.67. The first-order chi connectivity index (χ1) is 8.90. The Bertz CT molecular complexity index is 576. The van der Waals surface area contributed by atoms with E-state index in [1.807, 2.05) is 6.92 Å². The number of hydrogen-bond acceptors (Lipinski definition) is 2. The maximum absolute atomic E-state index is 12.6. The van der Waals surface area contributed by atoms with Crippen molar-refractivity contribution in [3.8, 4) is 11.8 Å². The summed E-state index contributed by atoms with van der Waals surface area (Å²) in [6.45, 7) is 4.33. The van der Waals surface area contributed by atoms with E-state index in [0.29, 0.717) is 12.6 Å². The summed E-state index contributed by atoms with van der Waals surface area (Å²) in [5, 5.41) is 0. The molecule has 6 heteroatoms. The second-order valence-electron chi connectivity index (χ2n) is 4.08. The van der Waals surface area contributed by atoms with Gasteiger partial charge in [0.1, 0.15) is 5.75 Å². The van der Waals surface area contributed by atoms with Crippen LogP contribution in [0.2, 0.25) is 0 Å². The molecule has 0 aliphatic carbocycles. The SMILES string of the molecule is CCn1cc(C)nc1Oc1cccc(C(F)(F)F)c1. The van der Waals surface area contributed by atoms with Crippen LogP contribution in [0, 0.1) is 6.92 Å². The number of halogens is 3. The molecule has 1 aromatic heterocycles. The number of ether oxygens (including phenoxy) is 1. The highest BCUT2D eigenvalue weighted by molar-refractivity contribution is 5.32. The van der Waals surface area contributed by atoms with Crippen LogP contribution in [0.25, 0.3) is 0 Å². The third-order valence-electron chi connectivity index (χ3n) is 2.57. The Morgan fingerprint density at radius 3 is 2.68 bits per heavy atom. The van der Waals surface area contributed by atoms with Gasteiger partial charge in [-0.2, -0.15) is 13.2 Å². The average Bonchev–Trinajstić information content (AvgIpc) is 2.69. The molecule has 102 valence electrons. The highest BCUT2D eigenvalue weighted by atomic mass is 19.4. The molecule has 0 saturated heterocycles. The minimum absolute atomic E-state index is 0.120. The van der Waals surface area contributed by atoms with Gasteiger partial charge in [-0.3, -0.25) is 0 Å². The molecule has 1 heterocycles. The van der Waals surface area contributed by atoms with Crippen molar-refractivity contribution in [2.75, 3.05) is 0 Å². The van der Waals surface area contributed by atoms with E-state index in [4.69, 9.17) is 4.74 Å². The van der Waals surface area contributed by atoms with Crippen molar-refractivity contribution >= 4 is 0 Å². The van der Waals surface area contributed by atoms with Gasteiger partial charge >= 0.3 is 12.2 Å². The first-order valence-corrected chi connectivity index (χ1v) is 5.79. The highest BCUT2D eigenvalue weighted by Gasteiger charge is 2.30. The van der Waals surface area contributed by atoms with Crippen LogP contribution in [0.5, 0.6) is 11.8 Å². The van der Waals surface area contributed by atoms with Gasteiger partial charge in [0.25, 0.3) is 0 Å². The van der Waals surface area contributed by atoms with Gasteiger partial charge in [0.2, 0.25) is 0 Å². The van der Waals surface area contributed by atoms with Crippen molar-refractivity contribution in [2.45, 2.75) is 26.6 Å². The molecule has 0 amide bonds. The minimum atomic E-state index is -4.38. The summed E-state index contributed by atoms with van der Waals surface area (Å²) >= 11 is 0. The van der Waals surface area contributed by atoms with E-state index in [0.717, 1.165) is 17.8 Å². The molecule has 2 rings (SSSR count). The number of nitrogens with zero attached hydrogens (tertiary/aromatic N) is 2. The quantitative estimate of drug-likeness (QED) is 0.842. The lowest BCUT2D eigenvalue weighted by atomic mass is 10.2. The summed E-state index contributed by atoms with van der Waals surface area (Å²) in [7, 11) is 0. The number of aromatic nitrogens is 2. The molecule has 0 fully saturated rings. The van der Waals surface area contributed by atoms with Gasteiger partial charge in [0.05, 0.1) is 11.3 Å². The van der Waals surface area contributed by atoms with Crippen LogP contribution in [0.4, 0.5) is 13.2 Å². The van der Waals surface area contributed by atoms with Crippen LogP contribution in [-0.2, 0) is 12.7 Å². The Hall–Kier alpha value is -1.98. The molecule has 0 spiro atoms. The highest BCUT2D eigenvalue weighted by Crippen LogP contribution is 2.32. The molecule has 1 aromatic carbocycles. The van der Waals surface area contributed by atoms with Crippen molar-refractivity contribution in [1.82, 2.24) is 9.55 Å². The molecular weight excluding hydrogens is 257 g/mol. The van der Waals surface area contributed by atoms with Crippen LogP contribution < -0.4 is 4.74 Å². The van der Waals surface area contributed by atoms with Crippen LogP contribution in [0.15, 0.2) is 30.5 Å². The summed E-state index contributed by atoms with van der Waals surface area (Å²) in [6.07, 6.45) is -2.60. The van der Waals surface area contributed by atoms with Crippen LogP contribution in [0.1, 0.15) is 18.2 Å². The zero-order valence-corrected chi connectivity index (χ0v) is 10.5. The van der Waals surface area contributed by atoms with Gasteiger partial charge in [-0.1, -0.05) is 6.07 Å². The molecule has 0 radical (unpaired) electrons. The van der Waals surface area contributed by atoms with Gasteiger partial charge in [0, 0.05) is 12.7 Å². The Morgan fingerprint density at radius 2 is 2.05 bits per heavy atom. The predicted octanol–water partition coefficient (Wildman–Crippen LogP) is 4.02. The summed E-state index contributed by atoms with van der Waals surface area (Å²) in [5.41, 5.74) is 0.0140. The second kappa shape index (κ2) is 4.95. The maximum Gasteiger partial charge on any atom is 0.416 e. The zero-order valence-electron chi connectivity index (χ0n) is 10.5. The first-order valence-electron chi connectivity index (χ1n) is 5.79. The van der Waals surface area contributed by atoms with E-state index in [2.05, 4.69) is 4.98 Å². The van der Waals surface area contributed by atoms with E-state index in [1.54, 1.807) is 17.7 Å². The molecule has 0 aliphatic heterocycles. The normalized spacial score (nSPS) is 11.6. The molecule has 0 atom stereocenters. The molecule has 0 bridgehead atoms. The Kier molecular flexibility index (Phi) is 3.50. The Labute approximate surface area is 108 Å². The van der Waals surface area contributed by atoms with Gasteiger partial charge in [-0.05, 0) is 32.0 Å². The zero-order chi connectivity index (χ0) is 14.0. The Balaban J connectivity index is 2.28. The topological polar surface area (TPSA) is 27.1 Å². The van der Waals surface area contributed by atoms with E-state index in [9.17, 15) is 13.2 Å². The summed E-state index contributed by atoms with van der Waals surface area (Å²) in [5.74, 6) is 0.120. The number of alkyl halides is 3. The lowest BCUT2D eigenvalue weighted by molar-refractivity contribution is -0.137. The number of hydrogen-bond donors (Lipinski definition) is 0. The minimum Gasteiger partial charge on any atom is -0.425 e. The molecular formula is C13H13F3N2O. The number of benzene rings is 1. The van der Waals surface area contributed by atoms with Gasteiger partial charge < -0.3 is 9.30 Å². The van der Waals surface area contributed by atoms with E-state index < -0.39 is 11.7 Å². The van der Waals surface area contributed by atoms with Crippen LogP contribution >= 0.6 is 0 Å². The fraction of sp³-hybridized carbons (Fsp3) is 0.308. The molecule has 0 aliphatic rings. The van der Waals surface area contributed by atoms with Crippen molar-refractivity contribution in [3.05, 3.63) is 41.7 Å². The van der Waals surface area contributed by atoms with Gasteiger partial charge in [-0.25, -0.2) is 4.98 Å². The molecule has 3 nitrogen and oxygen atoms in total. The van der Waals surface area contributed by atoms with Crippen molar-refractivity contribution < 1.29 is 17.9 Å². The molecule has 2 aromatic rings. The molecule has 0 N–H and O–H groups in total. The third-order valence-corrected chi connectivity index (χ3v) is 2.57. The predicted molar refractivity (Wildman–Crippen MR) is 64.2 cm³/mol. The van der Waals surface area contributed by atoms with Gasteiger partial charge in [-0.15, -0.1) is 0 Å². The second-order valence-corrected chi connectivity index (χ2v) is 4.08. The Morgan fingerprint density at radius 1 is 1.32 bits per heavy atom. The first kappa shape index (κ1) is 13.5. The maximum atomic E-state index is 12.6. The van der Waals surface area contributed by atoms with E-state index >= 15 is 0 Å². The smallest absolute Gasteiger partial charge is 0.416 e. The van der Waals surface area contributed by atoms with Crippen LogP contribution in [0.3, 0.4) is 0 Å². The summed E-state index contributed by atoms with van der Waals surface area (Å²) in [4.78, 5) is 4.13. The number of aryl methyl sites for hydroxylation is 2. The molecule has 0 saturated carbocycles. The number of imidazole rings is 1. The molecule has 0 unspecified atom stereocenters. The lowest BCUT2D eigenvalue weighted by Crippen LogP contribution is -2.05. The fourth-order valence-electron chi connectivity index (χ4n) is 1.67. The number of rotatable bonds is 3. The summed E-state index contributed by atoms with van der Waals surface area (Å²) < 4.78 is 44.9. The standard InChI is InChI=1S/C13H13F3N2O/c1-3-18-8-9(2)17-12(18)19-11-6-4-5-10(7-11)13(14,15)16/h4-8H,3H2,1-2H3. The van der Waals surface area contributed by atoms with Crippen molar-refractivity contribution in [1.29, 1.82) is 0 Å². The van der Waals surface area contributed by atoms with Crippen molar-refractivity contribution in [2.24, 2.45) is 0 Å². The van der Waals surface area contributed by atoms with Crippen LogP contribution in [-0.4, -0.2) is 9.55 Å². The summed E-state index contributed by atoms with van der Waals surface area (Å²) in [6, 6.07) is 5.04. The van der Waals surface area contributed by atoms with E-state index in [1.165, 1.54) is 12.1 Å². The van der Waals surface area contributed by atoms with Crippen molar-refractivity contribution in [3.63, 3.8) is 0 Å². The lowest BCUT2D eigenvalue weighted by Gasteiger charge is -2.10.